The minimum Gasteiger partial charge on any atom is -0.325 e. The highest BCUT2D eigenvalue weighted by Gasteiger charge is 2.32. The fraction of sp³-hybridized carbons (Fsp3) is 0.133. The number of halogens is 5. The zero-order valence-electron chi connectivity index (χ0n) is 11.5. The first kappa shape index (κ1) is 15.8. The van der Waals surface area contributed by atoms with Crippen LogP contribution in [0.2, 0.25) is 5.02 Å². The van der Waals surface area contributed by atoms with Crippen molar-refractivity contribution in [1.29, 1.82) is 0 Å². The molecular formula is C15H10ClF4N3. The van der Waals surface area contributed by atoms with E-state index in [0.29, 0.717) is 17.0 Å². The molecule has 0 saturated carbocycles. The van der Waals surface area contributed by atoms with Crippen molar-refractivity contribution in [3.05, 3.63) is 58.6 Å². The molecule has 0 bridgehead atoms. The molecule has 2 aromatic heterocycles. The molecular weight excluding hydrogens is 334 g/mol. The average Bonchev–Trinajstić information content (AvgIpc) is 2.86. The Balaban J connectivity index is 2.29. The van der Waals surface area contributed by atoms with E-state index < -0.39 is 17.6 Å². The molecule has 3 nitrogen and oxygen atoms in total. The van der Waals surface area contributed by atoms with E-state index in [2.05, 4.69) is 4.98 Å². The number of aromatic nitrogens is 2. The zero-order valence-corrected chi connectivity index (χ0v) is 12.3. The van der Waals surface area contributed by atoms with Gasteiger partial charge in [0.1, 0.15) is 5.82 Å². The number of nitrogens with zero attached hydrogens (tertiary/aromatic N) is 2. The molecule has 0 unspecified atom stereocenters. The largest absolute Gasteiger partial charge is 0.417 e. The van der Waals surface area contributed by atoms with Crippen LogP contribution in [0.5, 0.6) is 0 Å². The number of nitrogens with two attached hydrogens (primary N) is 1. The number of imidazole rings is 1. The van der Waals surface area contributed by atoms with Gasteiger partial charge in [0, 0.05) is 18.3 Å². The number of hydrogen-bond donors (Lipinski definition) is 1. The van der Waals surface area contributed by atoms with E-state index in [1.807, 2.05) is 0 Å². The van der Waals surface area contributed by atoms with E-state index in [9.17, 15) is 17.6 Å². The molecule has 0 spiro atoms. The molecule has 1 aromatic carbocycles. The minimum absolute atomic E-state index is 0.0501. The Labute approximate surface area is 133 Å². The maximum atomic E-state index is 13.0. The van der Waals surface area contributed by atoms with E-state index in [0.717, 1.165) is 12.3 Å². The summed E-state index contributed by atoms with van der Waals surface area (Å²) in [6, 6.07) is 6.26. The number of hydrogen-bond acceptors (Lipinski definition) is 2. The van der Waals surface area contributed by atoms with Crippen LogP contribution < -0.4 is 5.73 Å². The molecule has 0 fully saturated rings. The lowest BCUT2D eigenvalue weighted by Gasteiger charge is -2.09. The molecule has 0 radical (unpaired) electrons. The predicted molar refractivity (Wildman–Crippen MR) is 78.5 cm³/mol. The Kier molecular flexibility index (Phi) is 3.77. The molecule has 0 aliphatic heterocycles. The van der Waals surface area contributed by atoms with Gasteiger partial charge in [0.05, 0.1) is 22.0 Å². The van der Waals surface area contributed by atoms with Crippen molar-refractivity contribution < 1.29 is 17.6 Å². The quantitative estimate of drug-likeness (QED) is 0.706. The minimum atomic E-state index is -4.54. The number of alkyl halides is 3. The molecule has 0 saturated heterocycles. The fourth-order valence-electron chi connectivity index (χ4n) is 2.34. The number of fused-ring (bicyclic) bond motifs is 1. The summed E-state index contributed by atoms with van der Waals surface area (Å²) in [7, 11) is 0. The van der Waals surface area contributed by atoms with Crippen molar-refractivity contribution >= 4 is 17.2 Å². The lowest BCUT2D eigenvalue weighted by molar-refractivity contribution is -0.137. The molecule has 3 rings (SSSR count). The van der Waals surface area contributed by atoms with Gasteiger partial charge < -0.3 is 10.1 Å². The molecule has 0 aliphatic rings. The van der Waals surface area contributed by atoms with Crippen LogP contribution >= 0.6 is 11.6 Å². The third-order valence-corrected chi connectivity index (χ3v) is 3.69. The van der Waals surface area contributed by atoms with Crippen LogP contribution in [0.1, 0.15) is 11.3 Å². The molecule has 3 aromatic rings. The van der Waals surface area contributed by atoms with Gasteiger partial charge in [-0.25, -0.2) is 9.37 Å². The third-order valence-electron chi connectivity index (χ3n) is 3.41. The zero-order chi connectivity index (χ0) is 16.8. The Morgan fingerprint density at radius 3 is 2.39 bits per heavy atom. The lowest BCUT2D eigenvalue weighted by atomic mass is 10.1. The lowest BCUT2D eigenvalue weighted by Crippen LogP contribution is -2.09. The highest BCUT2D eigenvalue weighted by Crippen LogP contribution is 2.34. The highest BCUT2D eigenvalue weighted by molar-refractivity contribution is 6.33. The van der Waals surface area contributed by atoms with Crippen molar-refractivity contribution in [2.24, 2.45) is 5.73 Å². The smallest absolute Gasteiger partial charge is 0.325 e. The molecule has 23 heavy (non-hydrogen) atoms. The molecule has 0 atom stereocenters. The second-order valence-corrected chi connectivity index (χ2v) is 5.29. The van der Waals surface area contributed by atoms with Crippen LogP contribution in [0.25, 0.3) is 16.9 Å². The van der Waals surface area contributed by atoms with E-state index >= 15 is 0 Å². The summed E-state index contributed by atoms with van der Waals surface area (Å²) in [6.45, 7) is -0.0501. The summed E-state index contributed by atoms with van der Waals surface area (Å²) in [6.07, 6.45) is -3.63. The third kappa shape index (κ3) is 2.77. The molecule has 2 N–H and O–H groups in total. The highest BCUT2D eigenvalue weighted by atomic mass is 35.5. The van der Waals surface area contributed by atoms with Gasteiger partial charge in [-0.1, -0.05) is 11.6 Å². The van der Waals surface area contributed by atoms with Gasteiger partial charge in [-0.15, -0.1) is 0 Å². The second-order valence-electron chi connectivity index (χ2n) is 4.89. The van der Waals surface area contributed by atoms with Crippen LogP contribution in [0.15, 0.2) is 36.5 Å². The van der Waals surface area contributed by atoms with E-state index in [1.54, 1.807) is 0 Å². The first-order valence-electron chi connectivity index (χ1n) is 6.55. The Morgan fingerprint density at radius 2 is 1.83 bits per heavy atom. The normalized spacial score (nSPS) is 12.1. The van der Waals surface area contributed by atoms with Crippen molar-refractivity contribution in [2.45, 2.75) is 12.7 Å². The topological polar surface area (TPSA) is 43.3 Å². The first-order valence-corrected chi connectivity index (χ1v) is 6.92. The van der Waals surface area contributed by atoms with Gasteiger partial charge in [0.15, 0.2) is 5.65 Å². The fourth-order valence-corrected chi connectivity index (χ4v) is 2.59. The van der Waals surface area contributed by atoms with Crippen LogP contribution in [-0.2, 0) is 12.7 Å². The van der Waals surface area contributed by atoms with Crippen LogP contribution in [0, 0.1) is 5.82 Å². The van der Waals surface area contributed by atoms with E-state index in [1.165, 1.54) is 28.7 Å². The van der Waals surface area contributed by atoms with Crippen molar-refractivity contribution in [2.75, 3.05) is 0 Å². The standard InChI is InChI=1S/C15H10ClF4N3/c16-11-5-9(15(18,19)20)7-23-12(6-21)13(22-14(11)23)8-1-3-10(17)4-2-8/h1-5,7H,6,21H2. The second kappa shape index (κ2) is 5.50. The van der Waals surface area contributed by atoms with Crippen molar-refractivity contribution in [3.63, 3.8) is 0 Å². The SMILES string of the molecule is NCc1c(-c2ccc(F)cc2)nc2c(Cl)cc(C(F)(F)F)cn12. The van der Waals surface area contributed by atoms with Gasteiger partial charge >= 0.3 is 6.18 Å². The summed E-state index contributed by atoms with van der Waals surface area (Å²) in [4.78, 5) is 4.27. The van der Waals surface area contributed by atoms with Gasteiger partial charge in [-0.3, -0.25) is 0 Å². The maximum Gasteiger partial charge on any atom is 0.417 e. The van der Waals surface area contributed by atoms with Gasteiger partial charge in [-0.05, 0) is 30.3 Å². The Bertz CT molecular complexity index is 869. The molecule has 0 amide bonds. The van der Waals surface area contributed by atoms with E-state index in [4.69, 9.17) is 17.3 Å². The molecule has 8 heteroatoms. The summed E-state index contributed by atoms with van der Waals surface area (Å²) in [5.41, 5.74) is 6.22. The molecule has 0 aliphatic carbocycles. The molecule has 2 heterocycles. The van der Waals surface area contributed by atoms with Gasteiger partial charge in [0.2, 0.25) is 0 Å². The maximum absolute atomic E-state index is 13.0. The number of benzene rings is 1. The summed E-state index contributed by atoms with van der Waals surface area (Å²) in [5.74, 6) is -0.427. The van der Waals surface area contributed by atoms with Crippen molar-refractivity contribution in [3.8, 4) is 11.3 Å². The average molecular weight is 344 g/mol. The van der Waals surface area contributed by atoms with Crippen LogP contribution in [0.4, 0.5) is 17.6 Å². The Morgan fingerprint density at radius 1 is 1.17 bits per heavy atom. The summed E-state index contributed by atoms with van der Waals surface area (Å²) < 4.78 is 53.1. The van der Waals surface area contributed by atoms with Gasteiger partial charge in [0.25, 0.3) is 0 Å². The predicted octanol–water partition coefficient (Wildman–Crippen LogP) is 4.27. The van der Waals surface area contributed by atoms with Crippen LogP contribution in [-0.4, -0.2) is 9.38 Å². The summed E-state index contributed by atoms with van der Waals surface area (Å²) in [5, 5.41) is -0.136. The van der Waals surface area contributed by atoms with Gasteiger partial charge in [-0.2, -0.15) is 13.2 Å². The Hall–Kier alpha value is -2.12. The monoisotopic (exact) mass is 343 g/mol. The summed E-state index contributed by atoms with van der Waals surface area (Å²) >= 11 is 5.94. The number of pyridine rings is 1. The number of rotatable bonds is 2. The van der Waals surface area contributed by atoms with E-state index in [-0.39, 0.29) is 17.2 Å². The van der Waals surface area contributed by atoms with Crippen LogP contribution in [0.3, 0.4) is 0 Å². The molecule has 120 valence electrons. The first-order chi connectivity index (χ1) is 10.8. The van der Waals surface area contributed by atoms with Crippen molar-refractivity contribution in [1.82, 2.24) is 9.38 Å².